The summed E-state index contributed by atoms with van der Waals surface area (Å²) in [4.78, 5) is 7.88. The van der Waals surface area contributed by atoms with Gasteiger partial charge < -0.3 is 9.72 Å². The first-order valence-corrected chi connectivity index (χ1v) is 7.68. The molecule has 0 spiro atoms. The Labute approximate surface area is 138 Å². The van der Waals surface area contributed by atoms with E-state index in [9.17, 15) is 4.39 Å². The normalized spacial score (nSPS) is 10.9. The van der Waals surface area contributed by atoms with E-state index in [0.29, 0.717) is 17.1 Å². The molecular formula is C20H15FN2O. The Morgan fingerprint density at radius 3 is 2.42 bits per heavy atom. The second-order valence-corrected chi connectivity index (χ2v) is 5.64. The predicted octanol–water partition coefficient (Wildman–Crippen LogP) is 5.47. The van der Waals surface area contributed by atoms with E-state index < -0.39 is 0 Å². The molecule has 3 aromatic carbocycles. The summed E-state index contributed by atoms with van der Waals surface area (Å²) in [5.74, 6) is 1.90. The Morgan fingerprint density at radius 1 is 0.917 bits per heavy atom. The molecule has 24 heavy (non-hydrogen) atoms. The molecule has 0 atom stereocenters. The fourth-order valence-electron chi connectivity index (χ4n) is 2.59. The first-order valence-electron chi connectivity index (χ1n) is 7.68. The second kappa shape index (κ2) is 5.81. The zero-order valence-electron chi connectivity index (χ0n) is 13.1. The number of nitrogens with one attached hydrogen (secondary N) is 1. The molecular weight excluding hydrogens is 303 g/mol. The molecule has 0 amide bonds. The third-order valence-electron chi connectivity index (χ3n) is 3.88. The largest absolute Gasteiger partial charge is 0.457 e. The van der Waals surface area contributed by atoms with Crippen LogP contribution in [0.4, 0.5) is 4.39 Å². The molecule has 1 N–H and O–H groups in total. The van der Waals surface area contributed by atoms with E-state index in [1.807, 2.05) is 48.5 Å². The molecule has 0 fully saturated rings. The predicted molar refractivity (Wildman–Crippen MR) is 92.7 cm³/mol. The number of fused-ring (bicyclic) bond motifs is 1. The summed E-state index contributed by atoms with van der Waals surface area (Å²) in [6.07, 6.45) is 0. The smallest absolute Gasteiger partial charge is 0.138 e. The number of hydrogen-bond acceptors (Lipinski definition) is 2. The number of para-hydroxylation sites is 2. The number of H-pyrrole nitrogens is 1. The number of hydrogen-bond donors (Lipinski definition) is 1. The van der Waals surface area contributed by atoms with Crippen molar-refractivity contribution in [3.05, 3.63) is 78.1 Å². The Balaban J connectivity index is 1.58. The number of aryl methyl sites for hydroxylation is 1. The highest BCUT2D eigenvalue weighted by molar-refractivity contribution is 5.79. The first-order chi connectivity index (χ1) is 11.7. The van der Waals surface area contributed by atoms with E-state index in [1.165, 1.54) is 6.07 Å². The van der Waals surface area contributed by atoms with Crippen LogP contribution in [0.5, 0.6) is 11.5 Å². The van der Waals surface area contributed by atoms with Gasteiger partial charge in [0.1, 0.15) is 23.1 Å². The molecule has 4 aromatic rings. The number of ether oxygens (including phenoxy) is 1. The fourth-order valence-corrected chi connectivity index (χ4v) is 2.59. The van der Waals surface area contributed by atoms with Gasteiger partial charge in [-0.05, 0) is 67.1 Å². The van der Waals surface area contributed by atoms with Crippen molar-refractivity contribution in [1.82, 2.24) is 9.97 Å². The quantitative estimate of drug-likeness (QED) is 0.544. The molecule has 1 aromatic heterocycles. The van der Waals surface area contributed by atoms with Gasteiger partial charge >= 0.3 is 0 Å². The minimum Gasteiger partial charge on any atom is -0.457 e. The number of imidazole rings is 1. The fraction of sp³-hybridized carbons (Fsp3) is 0.0500. The third kappa shape index (κ3) is 2.74. The molecule has 0 unspecified atom stereocenters. The lowest BCUT2D eigenvalue weighted by Gasteiger charge is -2.07. The number of aromatic nitrogens is 2. The molecule has 1 heterocycles. The van der Waals surface area contributed by atoms with E-state index in [0.717, 1.165) is 22.4 Å². The third-order valence-corrected chi connectivity index (χ3v) is 3.88. The molecule has 0 saturated carbocycles. The summed E-state index contributed by atoms with van der Waals surface area (Å²) < 4.78 is 19.1. The van der Waals surface area contributed by atoms with Crippen LogP contribution in [0.25, 0.3) is 22.4 Å². The number of rotatable bonds is 3. The average molecular weight is 318 g/mol. The van der Waals surface area contributed by atoms with Crippen molar-refractivity contribution in [1.29, 1.82) is 0 Å². The Hall–Kier alpha value is -3.14. The van der Waals surface area contributed by atoms with Gasteiger partial charge in [0.15, 0.2) is 0 Å². The van der Waals surface area contributed by atoms with Crippen LogP contribution < -0.4 is 4.74 Å². The molecule has 0 bridgehead atoms. The highest BCUT2D eigenvalue weighted by Crippen LogP contribution is 2.26. The average Bonchev–Trinajstić information content (AvgIpc) is 3.03. The van der Waals surface area contributed by atoms with Crippen LogP contribution in [0.15, 0.2) is 66.7 Å². The number of aromatic amines is 1. The molecule has 118 valence electrons. The van der Waals surface area contributed by atoms with Crippen LogP contribution in [0.2, 0.25) is 0 Å². The van der Waals surface area contributed by atoms with Gasteiger partial charge in [0.2, 0.25) is 0 Å². The number of nitrogens with zero attached hydrogens (tertiary/aromatic N) is 1. The lowest BCUT2D eigenvalue weighted by atomic mass is 10.2. The first kappa shape index (κ1) is 14.5. The summed E-state index contributed by atoms with van der Waals surface area (Å²) in [5.41, 5.74) is 3.49. The lowest BCUT2D eigenvalue weighted by Crippen LogP contribution is -1.88. The van der Waals surface area contributed by atoms with Crippen molar-refractivity contribution in [3.8, 4) is 22.9 Å². The van der Waals surface area contributed by atoms with E-state index in [4.69, 9.17) is 4.74 Å². The van der Waals surface area contributed by atoms with Crippen LogP contribution in [0.1, 0.15) is 5.56 Å². The molecule has 4 rings (SSSR count). The van der Waals surface area contributed by atoms with Crippen LogP contribution in [0, 0.1) is 12.7 Å². The van der Waals surface area contributed by atoms with Gasteiger partial charge in [-0.25, -0.2) is 9.37 Å². The van der Waals surface area contributed by atoms with Crippen LogP contribution in [-0.2, 0) is 0 Å². The van der Waals surface area contributed by atoms with Gasteiger partial charge in [-0.1, -0.05) is 12.1 Å². The van der Waals surface area contributed by atoms with Crippen LogP contribution in [0.3, 0.4) is 0 Å². The standard InChI is InChI=1S/C20H15FN2O/c1-13-12-16(10-11-17(13)21)24-15-8-6-14(7-9-15)20-22-18-4-2-3-5-19(18)23-20/h2-12H,1H3,(H,22,23). The monoisotopic (exact) mass is 318 g/mol. The molecule has 0 aliphatic heterocycles. The Morgan fingerprint density at radius 2 is 1.67 bits per heavy atom. The summed E-state index contributed by atoms with van der Waals surface area (Å²) in [7, 11) is 0. The lowest BCUT2D eigenvalue weighted by molar-refractivity contribution is 0.480. The number of benzene rings is 3. The Bertz CT molecular complexity index is 973. The number of halogens is 1. The van der Waals surface area contributed by atoms with Gasteiger partial charge in [-0.3, -0.25) is 0 Å². The second-order valence-electron chi connectivity index (χ2n) is 5.64. The molecule has 0 aliphatic carbocycles. The van der Waals surface area contributed by atoms with Gasteiger partial charge in [0.05, 0.1) is 11.0 Å². The highest BCUT2D eigenvalue weighted by Gasteiger charge is 2.06. The molecule has 0 radical (unpaired) electrons. The van der Waals surface area contributed by atoms with E-state index in [2.05, 4.69) is 9.97 Å². The SMILES string of the molecule is Cc1cc(Oc2ccc(-c3nc4ccccc4[nH]3)cc2)ccc1F. The molecule has 3 nitrogen and oxygen atoms in total. The molecule has 0 aliphatic rings. The van der Waals surface area contributed by atoms with Gasteiger partial charge in [0, 0.05) is 5.56 Å². The summed E-state index contributed by atoms with van der Waals surface area (Å²) >= 11 is 0. The van der Waals surface area contributed by atoms with Crippen molar-refractivity contribution < 1.29 is 9.13 Å². The van der Waals surface area contributed by atoms with E-state index in [1.54, 1.807) is 19.1 Å². The van der Waals surface area contributed by atoms with Gasteiger partial charge in [-0.2, -0.15) is 0 Å². The van der Waals surface area contributed by atoms with Crippen molar-refractivity contribution >= 4 is 11.0 Å². The van der Waals surface area contributed by atoms with Crippen LogP contribution >= 0.6 is 0 Å². The minimum absolute atomic E-state index is 0.234. The van der Waals surface area contributed by atoms with Crippen LogP contribution in [-0.4, -0.2) is 9.97 Å². The van der Waals surface area contributed by atoms with E-state index >= 15 is 0 Å². The maximum absolute atomic E-state index is 13.3. The zero-order chi connectivity index (χ0) is 16.5. The van der Waals surface area contributed by atoms with Crippen molar-refractivity contribution in [2.75, 3.05) is 0 Å². The van der Waals surface area contributed by atoms with Crippen molar-refractivity contribution in [2.45, 2.75) is 6.92 Å². The summed E-state index contributed by atoms with van der Waals surface area (Å²) in [6, 6.07) is 20.3. The summed E-state index contributed by atoms with van der Waals surface area (Å²) in [5, 5.41) is 0. The molecule has 0 saturated heterocycles. The zero-order valence-corrected chi connectivity index (χ0v) is 13.1. The topological polar surface area (TPSA) is 37.9 Å². The summed E-state index contributed by atoms with van der Waals surface area (Å²) in [6.45, 7) is 1.72. The maximum Gasteiger partial charge on any atom is 0.138 e. The highest BCUT2D eigenvalue weighted by atomic mass is 19.1. The minimum atomic E-state index is -0.234. The van der Waals surface area contributed by atoms with Gasteiger partial charge in [0.25, 0.3) is 0 Å². The van der Waals surface area contributed by atoms with Crippen molar-refractivity contribution in [2.24, 2.45) is 0 Å². The van der Waals surface area contributed by atoms with Gasteiger partial charge in [-0.15, -0.1) is 0 Å². The molecule has 4 heteroatoms. The Kier molecular flexibility index (Phi) is 3.50. The van der Waals surface area contributed by atoms with E-state index in [-0.39, 0.29) is 5.82 Å². The maximum atomic E-state index is 13.3. The van der Waals surface area contributed by atoms with Crippen molar-refractivity contribution in [3.63, 3.8) is 0 Å².